The summed E-state index contributed by atoms with van der Waals surface area (Å²) in [5, 5.41) is 0. The minimum Gasteiger partial charge on any atom is -0.325 e. The molecule has 1 nitrogen and oxygen atoms in total. The van der Waals surface area contributed by atoms with Gasteiger partial charge in [-0.2, -0.15) is 11.8 Å². The van der Waals surface area contributed by atoms with E-state index < -0.39 is 0 Å². The number of rotatable bonds is 4. The van der Waals surface area contributed by atoms with Crippen molar-refractivity contribution in [1.29, 1.82) is 0 Å². The summed E-state index contributed by atoms with van der Waals surface area (Å²) in [4.78, 5) is 0. The highest BCUT2D eigenvalue weighted by Gasteiger charge is 2.36. The fourth-order valence-corrected chi connectivity index (χ4v) is 1.67. The minimum atomic E-state index is 0.280. The number of nitrogens with two attached hydrogens (primary N) is 1. The molecule has 54 valence electrons. The van der Waals surface area contributed by atoms with Crippen molar-refractivity contribution in [3.05, 3.63) is 0 Å². The molecule has 0 radical (unpaired) electrons. The lowest BCUT2D eigenvalue weighted by Crippen LogP contribution is -2.22. The number of hydrogen-bond donors (Lipinski definition) is 1. The topological polar surface area (TPSA) is 26.0 Å². The van der Waals surface area contributed by atoms with Crippen molar-refractivity contribution in [3.8, 4) is 0 Å². The molecule has 0 aromatic rings. The molecule has 0 aromatic carbocycles. The molecule has 0 atom stereocenters. The first-order valence-corrected chi connectivity index (χ1v) is 4.79. The summed E-state index contributed by atoms with van der Waals surface area (Å²) in [5.41, 5.74) is 6.15. The van der Waals surface area contributed by atoms with Gasteiger partial charge in [-0.15, -0.1) is 0 Å². The molecule has 1 aliphatic carbocycles. The third kappa shape index (κ3) is 2.59. The zero-order chi connectivity index (χ0) is 6.74. The van der Waals surface area contributed by atoms with Gasteiger partial charge in [0.2, 0.25) is 0 Å². The van der Waals surface area contributed by atoms with Crippen LogP contribution in [-0.2, 0) is 0 Å². The monoisotopic (exact) mass is 145 g/mol. The van der Waals surface area contributed by atoms with Crippen LogP contribution in [0.3, 0.4) is 0 Å². The lowest BCUT2D eigenvalue weighted by molar-refractivity contribution is 0.657. The van der Waals surface area contributed by atoms with Crippen LogP contribution in [0.1, 0.15) is 26.2 Å². The van der Waals surface area contributed by atoms with Gasteiger partial charge in [0.1, 0.15) is 0 Å². The normalized spacial score (nSPS) is 22.0. The highest BCUT2D eigenvalue weighted by Crippen LogP contribution is 2.36. The second-order valence-corrected chi connectivity index (χ2v) is 4.20. The van der Waals surface area contributed by atoms with Gasteiger partial charge in [-0.25, -0.2) is 0 Å². The SMILES string of the molecule is CCSCCC1(N)CC1. The molecule has 1 fully saturated rings. The second kappa shape index (κ2) is 2.93. The summed E-state index contributed by atoms with van der Waals surface area (Å²) >= 11 is 1.99. The Morgan fingerprint density at radius 1 is 1.56 bits per heavy atom. The Morgan fingerprint density at radius 3 is 2.67 bits per heavy atom. The van der Waals surface area contributed by atoms with E-state index in [-0.39, 0.29) is 5.54 Å². The lowest BCUT2D eigenvalue weighted by Gasteiger charge is -2.05. The van der Waals surface area contributed by atoms with E-state index in [0.717, 1.165) is 0 Å². The molecule has 2 N–H and O–H groups in total. The van der Waals surface area contributed by atoms with Gasteiger partial charge in [-0.3, -0.25) is 0 Å². The summed E-state index contributed by atoms with van der Waals surface area (Å²) < 4.78 is 0. The van der Waals surface area contributed by atoms with E-state index in [1.54, 1.807) is 0 Å². The van der Waals surface area contributed by atoms with Crippen LogP contribution in [0.15, 0.2) is 0 Å². The first-order chi connectivity index (χ1) is 4.27. The Balaban J connectivity index is 1.92. The van der Waals surface area contributed by atoms with Gasteiger partial charge in [-0.1, -0.05) is 6.92 Å². The highest BCUT2D eigenvalue weighted by atomic mass is 32.2. The van der Waals surface area contributed by atoms with Gasteiger partial charge in [0.15, 0.2) is 0 Å². The van der Waals surface area contributed by atoms with Crippen LogP contribution in [0.4, 0.5) is 0 Å². The maximum Gasteiger partial charge on any atom is 0.0163 e. The van der Waals surface area contributed by atoms with Gasteiger partial charge in [0, 0.05) is 5.54 Å². The third-order valence-corrected chi connectivity index (χ3v) is 2.74. The summed E-state index contributed by atoms with van der Waals surface area (Å²) in [5.74, 6) is 2.49. The van der Waals surface area contributed by atoms with E-state index in [9.17, 15) is 0 Å². The van der Waals surface area contributed by atoms with Crippen molar-refractivity contribution in [1.82, 2.24) is 0 Å². The maximum absolute atomic E-state index is 5.87. The van der Waals surface area contributed by atoms with Crippen LogP contribution in [0.5, 0.6) is 0 Å². The van der Waals surface area contributed by atoms with Gasteiger partial charge in [0.25, 0.3) is 0 Å². The van der Waals surface area contributed by atoms with E-state index in [0.29, 0.717) is 0 Å². The molecule has 0 aromatic heterocycles. The molecule has 0 saturated heterocycles. The van der Waals surface area contributed by atoms with Crippen molar-refractivity contribution in [2.24, 2.45) is 5.73 Å². The molecule has 0 unspecified atom stereocenters. The van der Waals surface area contributed by atoms with Gasteiger partial charge >= 0.3 is 0 Å². The molecular formula is C7H15NS. The van der Waals surface area contributed by atoms with Crippen LogP contribution in [0.25, 0.3) is 0 Å². The average Bonchev–Trinajstić information content (AvgIpc) is 2.50. The number of thioether (sulfide) groups is 1. The molecule has 0 bridgehead atoms. The Kier molecular flexibility index (Phi) is 2.42. The first kappa shape index (κ1) is 7.42. The standard InChI is InChI=1S/C7H15NS/c1-2-9-6-5-7(8)3-4-7/h2-6,8H2,1H3. The Hall–Kier alpha value is 0.310. The largest absolute Gasteiger partial charge is 0.325 e. The molecular weight excluding hydrogens is 130 g/mol. The molecule has 0 heterocycles. The third-order valence-electron chi connectivity index (χ3n) is 1.84. The molecule has 1 saturated carbocycles. The molecule has 1 aliphatic rings. The quantitative estimate of drug-likeness (QED) is 0.608. The predicted octanol–water partition coefficient (Wildman–Crippen LogP) is 1.62. The van der Waals surface area contributed by atoms with E-state index in [1.165, 1.54) is 30.8 Å². The fraction of sp³-hybridized carbons (Fsp3) is 1.00. The van der Waals surface area contributed by atoms with Crippen molar-refractivity contribution in [2.45, 2.75) is 31.7 Å². The molecule has 1 rings (SSSR count). The zero-order valence-corrected chi connectivity index (χ0v) is 6.84. The van der Waals surface area contributed by atoms with Crippen LogP contribution < -0.4 is 5.73 Å². The van der Waals surface area contributed by atoms with E-state index in [2.05, 4.69) is 6.92 Å². The molecule has 0 aliphatic heterocycles. The van der Waals surface area contributed by atoms with Crippen molar-refractivity contribution >= 4 is 11.8 Å². The second-order valence-electron chi connectivity index (χ2n) is 2.81. The minimum absolute atomic E-state index is 0.280. The Morgan fingerprint density at radius 2 is 2.22 bits per heavy atom. The smallest absolute Gasteiger partial charge is 0.0163 e. The fourth-order valence-electron chi connectivity index (χ4n) is 0.830. The summed E-state index contributed by atoms with van der Waals surface area (Å²) in [6.45, 7) is 2.20. The average molecular weight is 145 g/mol. The zero-order valence-electron chi connectivity index (χ0n) is 6.02. The predicted molar refractivity (Wildman–Crippen MR) is 43.8 cm³/mol. The maximum atomic E-state index is 5.87. The van der Waals surface area contributed by atoms with Gasteiger partial charge < -0.3 is 5.73 Å². The van der Waals surface area contributed by atoms with Crippen molar-refractivity contribution < 1.29 is 0 Å². The van der Waals surface area contributed by atoms with Crippen molar-refractivity contribution in [2.75, 3.05) is 11.5 Å². The molecule has 2 heteroatoms. The van der Waals surface area contributed by atoms with E-state index in [4.69, 9.17) is 5.73 Å². The molecule has 9 heavy (non-hydrogen) atoms. The summed E-state index contributed by atoms with van der Waals surface area (Å²) in [7, 11) is 0. The number of hydrogen-bond acceptors (Lipinski definition) is 2. The van der Waals surface area contributed by atoms with Crippen LogP contribution >= 0.6 is 11.8 Å². The molecule has 0 amide bonds. The highest BCUT2D eigenvalue weighted by molar-refractivity contribution is 7.99. The van der Waals surface area contributed by atoms with Gasteiger partial charge in [-0.05, 0) is 30.8 Å². The Labute approximate surface area is 61.4 Å². The first-order valence-electron chi connectivity index (χ1n) is 3.63. The summed E-state index contributed by atoms with van der Waals surface area (Å²) in [6.07, 6.45) is 3.75. The van der Waals surface area contributed by atoms with Crippen LogP contribution in [0, 0.1) is 0 Å². The van der Waals surface area contributed by atoms with E-state index >= 15 is 0 Å². The summed E-state index contributed by atoms with van der Waals surface area (Å²) in [6, 6.07) is 0. The van der Waals surface area contributed by atoms with E-state index in [1.807, 2.05) is 11.8 Å². The van der Waals surface area contributed by atoms with Gasteiger partial charge in [0.05, 0.1) is 0 Å². The Bertz CT molecular complexity index is 88.9. The van der Waals surface area contributed by atoms with Crippen LogP contribution in [0.2, 0.25) is 0 Å². The van der Waals surface area contributed by atoms with Crippen molar-refractivity contribution in [3.63, 3.8) is 0 Å². The van der Waals surface area contributed by atoms with Crippen LogP contribution in [-0.4, -0.2) is 17.0 Å². The lowest BCUT2D eigenvalue weighted by atomic mass is 10.2. The molecule has 0 spiro atoms.